The van der Waals surface area contributed by atoms with Crippen molar-refractivity contribution in [1.82, 2.24) is 40.3 Å². The summed E-state index contributed by atoms with van der Waals surface area (Å²) in [5, 5.41) is 22.7. The summed E-state index contributed by atoms with van der Waals surface area (Å²) in [7, 11) is 3.27. The number of piperazine rings is 1. The van der Waals surface area contributed by atoms with E-state index in [1.165, 1.54) is 11.1 Å². The van der Waals surface area contributed by atoms with Crippen molar-refractivity contribution in [3.63, 3.8) is 0 Å². The van der Waals surface area contributed by atoms with Crippen molar-refractivity contribution < 1.29 is 38.1 Å². The van der Waals surface area contributed by atoms with Gasteiger partial charge < -0.3 is 45.6 Å². The van der Waals surface area contributed by atoms with Crippen molar-refractivity contribution >= 4 is 64.0 Å². The second kappa shape index (κ2) is 20.8. The molecule has 4 amide bonds. The number of amides is 4. The van der Waals surface area contributed by atoms with E-state index in [4.69, 9.17) is 21.1 Å². The molecule has 0 unspecified atom stereocenters. The Morgan fingerprint density at radius 1 is 1.01 bits per heavy atom. The molecule has 0 spiro atoms. The molecule has 370 valence electrons. The smallest absolute Gasteiger partial charge is 0.258 e. The fourth-order valence-corrected chi connectivity index (χ4v) is 10.3. The van der Waals surface area contributed by atoms with E-state index in [9.17, 15) is 28.7 Å². The molecule has 17 nitrogen and oxygen atoms in total. The number of aliphatic hydroxyl groups excluding tert-OH is 1. The number of nitrogens with one attached hydrogen (secondary N) is 4. The first kappa shape index (κ1) is 49.8. The van der Waals surface area contributed by atoms with Gasteiger partial charge in [0.2, 0.25) is 17.8 Å². The second-order valence-corrected chi connectivity index (χ2v) is 21.0. The standard InChI is InChI=1S/C49H62ClFN10O7S/c1-28-40(69-27-55-28)31-7-8-33(22-53-43(63)37-21-34(62)25-61(37)45(65)41(48(2,3)4)57-46(66)49(51)11-12-49)38(19-31)68-26-30-17-29(18-30)24-59-13-15-60(16-14-59)44(64)32-9-10-36(39(20-32)67-6)56-47-54-23-35(50)42(52-5)58-47/h7-10,19-20,23,27,29-30,34,37,41,62H,11-18,21-22,24-26H2,1-6H3,(H,53,63)(H,57,66)(H2,52,54,56,58)/t29?,30?,34-,37+,41-/m1/s1. The van der Waals surface area contributed by atoms with E-state index >= 15 is 0 Å². The number of thiazole rings is 1. The maximum absolute atomic E-state index is 14.7. The monoisotopic (exact) mass is 988 g/mol. The number of halogens is 2. The Morgan fingerprint density at radius 3 is 2.43 bits per heavy atom. The maximum atomic E-state index is 14.7. The van der Waals surface area contributed by atoms with Crippen molar-refractivity contribution in [2.24, 2.45) is 17.3 Å². The molecule has 20 heteroatoms. The number of ether oxygens (including phenoxy) is 2. The van der Waals surface area contributed by atoms with Gasteiger partial charge in [-0.15, -0.1) is 11.3 Å². The SMILES string of the molecule is CNc1nc(Nc2ccc(C(=O)N3CCN(CC4CC(COc5cc(-c6scnc6C)ccc5CNC(=O)[C@@H]5C[C@@H](O)CN5C(=O)[C@@H](NC(=O)C5(F)CC5)C(C)(C)C)C4)CC3)cc2OC)ncc1Cl. The number of aryl methyl sites for hydroxylation is 1. The van der Waals surface area contributed by atoms with E-state index in [1.54, 1.807) is 70.0 Å². The lowest BCUT2D eigenvalue weighted by Gasteiger charge is -2.41. The highest BCUT2D eigenvalue weighted by atomic mass is 35.5. The van der Waals surface area contributed by atoms with Gasteiger partial charge in [0.1, 0.15) is 34.4 Å². The molecular formula is C49H62ClFN10O7S. The van der Waals surface area contributed by atoms with Crippen LogP contribution in [0, 0.1) is 24.2 Å². The van der Waals surface area contributed by atoms with E-state index in [2.05, 4.69) is 41.1 Å². The molecule has 69 heavy (non-hydrogen) atoms. The van der Waals surface area contributed by atoms with Gasteiger partial charge in [0.25, 0.3) is 11.8 Å². The Hall–Kier alpha value is -5.63. The maximum Gasteiger partial charge on any atom is 0.258 e. The first-order valence-electron chi connectivity index (χ1n) is 23.5. The van der Waals surface area contributed by atoms with Crippen LogP contribution in [-0.4, -0.2) is 142 Å². The van der Waals surface area contributed by atoms with Gasteiger partial charge in [-0.05, 0) is 79.7 Å². The van der Waals surface area contributed by atoms with Crippen LogP contribution < -0.4 is 30.7 Å². The number of alkyl halides is 1. The normalized spacial score (nSPS) is 21.5. The van der Waals surface area contributed by atoms with Gasteiger partial charge in [-0.3, -0.25) is 24.1 Å². The van der Waals surface area contributed by atoms with Gasteiger partial charge >= 0.3 is 0 Å². The van der Waals surface area contributed by atoms with Crippen LogP contribution >= 0.6 is 22.9 Å². The Bertz CT molecular complexity index is 2540. The van der Waals surface area contributed by atoms with Crippen LogP contribution in [0.15, 0.2) is 48.1 Å². The number of carbonyl (C=O) groups excluding carboxylic acids is 4. The second-order valence-electron chi connectivity index (χ2n) is 19.7. The lowest BCUT2D eigenvalue weighted by atomic mass is 9.75. The zero-order valence-corrected chi connectivity index (χ0v) is 41.5. The number of aliphatic hydroxyl groups is 1. The number of benzene rings is 2. The predicted molar refractivity (Wildman–Crippen MR) is 262 cm³/mol. The minimum Gasteiger partial charge on any atom is -0.495 e. The third-order valence-electron chi connectivity index (χ3n) is 13.5. The lowest BCUT2D eigenvalue weighted by Crippen LogP contribution is -2.59. The Kier molecular flexibility index (Phi) is 15.0. The fourth-order valence-electron chi connectivity index (χ4n) is 9.27. The Balaban J connectivity index is 0.832. The molecule has 4 fully saturated rings. The van der Waals surface area contributed by atoms with Crippen LogP contribution in [0.25, 0.3) is 10.4 Å². The van der Waals surface area contributed by atoms with Gasteiger partial charge in [-0.2, -0.15) is 4.98 Å². The third kappa shape index (κ3) is 11.5. The number of hydrogen-bond acceptors (Lipinski definition) is 14. The average molecular weight is 990 g/mol. The predicted octanol–water partition coefficient (Wildman–Crippen LogP) is 5.83. The number of β-amino-alcohol motifs (C(OH)–C–C–N with tert-alkyl or cyclic N) is 1. The number of anilines is 3. The zero-order valence-electron chi connectivity index (χ0n) is 39.9. The molecule has 2 aliphatic heterocycles. The van der Waals surface area contributed by atoms with Crippen molar-refractivity contribution in [2.45, 2.75) is 90.2 Å². The van der Waals surface area contributed by atoms with E-state index in [1.807, 2.05) is 30.0 Å². The minimum atomic E-state index is -1.97. The molecule has 8 rings (SSSR count). The summed E-state index contributed by atoms with van der Waals surface area (Å²) in [6.07, 6.45) is 2.82. The molecule has 4 aliphatic rings. The van der Waals surface area contributed by atoms with E-state index < -0.39 is 47.0 Å². The number of nitrogens with zero attached hydrogens (tertiary/aromatic N) is 6. The molecule has 2 aromatic heterocycles. The first-order valence-corrected chi connectivity index (χ1v) is 24.8. The van der Waals surface area contributed by atoms with Crippen molar-refractivity contribution in [3.05, 3.63) is 69.9 Å². The number of carbonyl (C=O) groups is 4. The van der Waals surface area contributed by atoms with Crippen LogP contribution in [0.2, 0.25) is 5.02 Å². The van der Waals surface area contributed by atoms with Crippen molar-refractivity contribution in [3.8, 4) is 21.9 Å². The molecule has 3 atom stereocenters. The summed E-state index contributed by atoms with van der Waals surface area (Å²) < 4.78 is 26.8. The molecule has 2 aliphatic carbocycles. The number of rotatable bonds is 17. The summed E-state index contributed by atoms with van der Waals surface area (Å²) in [6, 6.07) is 9.11. The highest BCUT2D eigenvalue weighted by molar-refractivity contribution is 7.13. The Labute approximate surface area is 410 Å². The van der Waals surface area contributed by atoms with Gasteiger partial charge in [-0.25, -0.2) is 14.4 Å². The van der Waals surface area contributed by atoms with Crippen LogP contribution in [0.1, 0.15) is 74.5 Å². The van der Waals surface area contributed by atoms with Gasteiger partial charge in [0, 0.05) is 70.4 Å². The van der Waals surface area contributed by atoms with Crippen LogP contribution in [0.3, 0.4) is 0 Å². The lowest BCUT2D eigenvalue weighted by molar-refractivity contribution is -0.145. The molecular weight excluding hydrogens is 927 g/mol. The Morgan fingerprint density at radius 2 is 1.77 bits per heavy atom. The number of hydrogen-bond donors (Lipinski definition) is 5. The minimum absolute atomic E-state index is 0.0312. The topological polar surface area (TPSA) is 203 Å². The fraction of sp³-hybridized carbons (Fsp3) is 0.531. The quantitative estimate of drug-likeness (QED) is 0.0847. The molecule has 2 saturated heterocycles. The molecule has 4 aromatic rings. The van der Waals surface area contributed by atoms with Gasteiger partial charge in [0.15, 0.2) is 5.67 Å². The molecule has 2 saturated carbocycles. The summed E-state index contributed by atoms with van der Waals surface area (Å²) in [4.78, 5) is 73.8. The van der Waals surface area contributed by atoms with Crippen molar-refractivity contribution in [1.29, 1.82) is 0 Å². The zero-order chi connectivity index (χ0) is 49.2. The molecule has 0 bridgehead atoms. The van der Waals surface area contributed by atoms with E-state index in [0.29, 0.717) is 71.1 Å². The first-order chi connectivity index (χ1) is 32.9. The largest absolute Gasteiger partial charge is 0.495 e. The summed E-state index contributed by atoms with van der Waals surface area (Å²) in [6.45, 7) is 11.5. The summed E-state index contributed by atoms with van der Waals surface area (Å²) >= 11 is 7.68. The number of likely N-dealkylation sites (tertiary alicyclic amines) is 1. The summed E-state index contributed by atoms with van der Waals surface area (Å²) in [5.74, 6) is 0.947. The highest BCUT2D eigenvalue weighted by Crippen LogP contribution is 2.41. The number of methoxy groups -OCH3 is 1. The van der Waals surface area contributed by atoms with Crippen LogP contribution in [0.5, 0.6) is 11.5 Å². The summed E-state index contributed by atoms with van der Waals surface area (Å²) in [5.41, 5.74) is 2.82. The third-order valence-corrected chi connectivity index (χ3v) is 14.8. The molecule has 2 aromatic carbocycles. The average Bonchev–Trinajstić information content (AvgIpc) is 3.73. The van der Waals surface area contributed by atoms with E-state index in [-0.39, 0.29) is 38.3 Å². The molecule has 0 radical (unpaired) electrons. The molecule has 4 heterocycles. The number of aromatic nitrogens is 3. The van der Waals surface area contributed by atoms with Crippen LogP contribution in [0.4, 0.5) is 21.8 Å². The van der Waals surface area contributed by atoms with Gasteiger partial charge in [0.05, 0.1) is 47.8 Å². The van der Waals surface area contributed by atoms with E-state index in [0.717, 1.165) is 54.2 Å². The highest BCUT2D eigenvalue weighted by Gasteiger charge is 2.53. The van der Waals surface area contributed by atoms with Crippen molar-refractivity contribution in [2.75, 3.05) is 70.7 Å². The molecule has 5 N–H and O–H groups in total. The van der Waals surface area contributed by atoms with Gasteiger partial charge in [-0.1, -0.05) is 44.5 Å². The van der Waals surface area contributed by atoms with Crippen LogP contribution in [-0.2, 0) is 20.9 Å².